The highest BCUT2D eigenvalue weighted by Gasteiger charge is 2.33. The van der Waals surface area contributed by atoms with Crippen molar-refractivity contribution >= 4 is 38.9 Å². The fraction of sp³-hybridized carbons (Fsp3) is 0.286. The van der Waals surface area contributed by atoms with E-state index in [2.05, 4.69) is 0 Å². The molecule has 1 amide bonds. The number of hydrogen-bond donors (Lipinski definition) is 0. The molecule has 1 saturated heterocycles. The molecular weight excluding hydrogens is 382 g/mol. The third-order valence-electron chi connectivity index (χ3n) is 5.04. The summed E-state index contributed by atoms with van der Waals surface area (Å²) >= 11 is 8.00. The molecule has 2 heterocycles. The number of fused-ring (bicyclic) bond motifs is 1. The standard InChI is InChI=1S/C21H20ClNO3S/c1-25-16-10-9-13(12-17(16)26-2)15-7-5-11-23(15)21(24)20-19(22)14-6-3-4-8-18(14)27-20/h3-4,6,8-10,12,15H,5,7,11H2,1-2H3/t15-/m1/s1. The Hall–Kier alpha value is -2.24. The number of methoxy groups -OCH3 is 2. The molecule has 27 heavy (non-hydrogen) atoms. The first-order valence-corrected chi connectivity index (χ1v) is 10.0. The molecular formula is C21H20ClNO3S. The Morgan fingerprint density at radius 2 is 1.93 bits per heavy atom. The second-order valence-corrected chi connectivity index (χ2v) is 7.94. The molecule has 1 aliphatic rings. The molecule has 0 aliphatic carbocycles. The van der Waals surface area contributed by atoms with Gasteiger partial charge in [-0.3, -0.25) is 4.79 Å². The number of likely N-dealkylation sites (tertiary alicyclic amines) is 1. The number of ether oxygens (including phenoxy) is 2. The molecule has 1 fully saturated rings. The highest BCUT2D eigenvalue weighted by atomic mass is 35.5. The van der Waals surface area contributed by atoms with Gasteiger partial charge in [-0.2, -0.15) is 0 Å². The van der Waals surface area contributed by atoms with Crippen molar-refractivity contribution in [2.75, 3.05) is 20.8 Å². The molecule has 0 saturated carbocycles. The minimum Gasteiger partial charge on any atom is -0.493 e. The van der Waals surface area contributed by atoms with E-state index in [9.17, 15) is 4.79 Å². The Morgan fingerprint density at radius 1 is 1.15 bits per heavy atom. The van der Waals surface area contributed by atoms with Crippen molar-refractivity contribution in [2.24, 2.45) is 0 Å². The number of nitrogens with zero attached hydrogens (tertiary/aromatic N) is 1. The topological polar surface area (TPSA) is 38.8 Å². The zero-order valence-corrected chi connectivity index (χ0v) is 16.8. The summed E-state index contributed by atoms with van der Waals surface area (Å²) in [5.41, 5.74) is 1.05. The summed E-state index contributed by atoms with van der Waals surface area (Å²) in [7, 11) is 3.24. The monoisotopic (exact) mass is 401 g/mol. The summed E-state index contributed by atoms with van der Waals surface area (Å²) in [5, 5.41) is 1.49. The van der Waals surface area contributed by atoms with Gasteiger partial charge in [-0.25, -0.2) is 0 Å². The summed E-state index contributed by atoms with van der Waals surface area (Å²) in [6.45, 7) is 0.725. The fourth-order valence-corrected chi connectivity index (χ4v) is 5.17. The molecule has 0 N–H and O–H groups in total. The van der Waals surface area contributed by atoms with Gasteiger partial charge < -0.3 is 14.4 Å². The molecule has 0 spiro atoms. The average molecular weight is 402 g/mol. The molecule has 2 aromatic carbocycles. The van der Waals surface area contributed by atoms with Crippen molar-refractivity contribution in [1.82, 2.24) is 4.90 Å². The first-order valence-electron chi connectivity index (χ1n) is 8.84. The van der Waals surface area contributed by atoms with Gasteiger partial charge in [-0.15, -0.1) is 11.3 Å². The molecule has 1 aliphatic heterocycles. The Balaban J connectivity index is 1.68. The Bertz CT molecular complexity index is 1000. The summed E-state index contributed by atoms with van der Waals surface area (Å²) in [4.78, 5) is 15.8. The van der Waals surface area contributed by atoms with Gasteiger partial charge in [0.2, 0.25) is 0 Å². The summed E-state index contributed by atoms with van der Waals surface area (Å²) in [6, 6.07) is 13.7. The van der Waals surface area contributed by atoms with E-state index < -0.39 is 0 Å². The Morgan fingerprint density at radius 3 is 2.67 bits per heavy atom. The zero-order valence-electron chi connectivity index (χ0n) is 15.2. The van der Waals surface area contributed by atoms with Crippen LogP contribution in [0.1, 0.15) is 34.1 Å². The quantitative estimate of drug-likeness (QED) is 0.575. The molecule has 0 radical (unpaired) electrons. The number of halogens is 1. The molecule has 3 aromatic rings. The first-order chi connectivity index (χ1) is 13.1. The number of benzene rings is 2. The Kier molecular flexibility index (Phi) is 4.98. The molecule has 0 bridgehead atoms. The molecule has 4 nitrogen and oxygen atoms in total. The van der Waals surface area contributed by atoms with E-state index in [0.717, 1.165) is 35.0 Å². The lowest BCUT2D eigenvalue weighted by Gasteiger charge is -2.25. The number of carbonyl (C=O) groups is 1. The second-order valence-electron chi connectivity index (χ2n) is 6.51. The van der Waals surface area contributed by atoms with Crippen molar-refractivity contribution in [2.45, 2.75) is 18.9 Å². The van der Waals surface area contributed by atoms with E-state index in [1.807, 2.05) is 47.4 Å². The van der Waals surface area contributed by atoms with Gasteiger partial charge in [0.25, 0.3) is 5.91 Å². The van der Waals surface area contributed by atoms with Crippen LogP contribution in [0.3, 0.4) is 0 Å². The SMILES string of the molecule is COc1ccc([C@H]2CCCN2C(=O)c2sc3ccccc3c2Cl)cc1OC. The number of amides is 1. The first kappa shape index (κ1) is 18.1. The van der Waals surface area contributed by atoms with Gasteiger partial charge in [-0.1, -0.05) is 35.9 Å². The third-order valence-corrected chi connectivity index (χ3v) is 6.70. The van der Waals surface area contributed by atoms with Gasteiger partial charge in [-0.05, 0) is 36.6 Å². The summed E-state index contributed by atoms with van der Waals surface area (Å²) in [6.07, 6.45) is 1.89. The fourth-order valence-electron chi connectivity index (χ4n) is 3.70. The van der Waals surface area contributed by atoms with Crippen LogP contribution in [0.5, 0.6) is 11.5 Å². The molecule has 0 unspecified atom stereocenters. The van der Waals surface area contributed by atoms with Crippen molar-refractivity contribution in [1.29, 1.82) is 0 Å². The van der Waals surface area contributed by atoms with Gasteiger partial charge >= 0.3 is 0 Å². The summed E-state index contributed by atoms with van der Waals surface area (Å²) < 4.78 is 11.8. The lowest BCUT2D eigenvalue weighted by atomic mass is 10.0. The van der Waals surface area contributed by atoms with Crippen LogP contribution in [-0.4, -0.2) is 31.6 Å². The lowest BCUT2D eigenvalue weighted by Crippen LogP contribution is -2.30. The van der Waals surface area contributed by atoms with Crippen LogP contribution in [0.15, 0.2) is 42.5 Å². The smallest absolute Gasteiger partial charge is 0.266 e. The predicted molar refractivity (Wildman–Crippen MR) is 109 cm³/mol. The van der Waals surface area contributed by atoms with Crippen LogP contribution < -0.4 is 9.47 Å². The molecule has 6 heteroatoms. The highest BCUT2D eigenvalue weighted by molar-refractivity contribution is 7.21. The molecule has 1 aromatic heterocycles. The number of carbonyl (C=O) groups excluding carboxylic acids is 1. The third kappa shape index (κ3) is 3.15. The van der Waals surface area contributed by atoms with Crippen LogP contribution in [0.4, 0.5) is 0 Å². The van der Waals surface area contributed by atoms with Crippen LogP contribution >= 0.6 is 22.9 Å². The molecule has 1 atom stereocenters. The highest BCUT2D eigenvalue weighted by Crippen LogP contribution is 2.41. The van der Waals surface area contributed by atoms with Crippen molar-refractivity contribution in [3.8, 4) is 11.5 Å². The maximum absolute atomic E-state index is 13.3. The van der Waals surface area contributed by atoms with Crippen molar-refractivity contribution in [3.05, 3.63) is 57.9 Å². The van der Waals surface area contributed by atoms with E-state index in [-0.39, 0.29) is 11.9 Å². The van der Waals surface area contributed by atoms with E-state index in [0.29, 0.717) is 21.4 Å². The summed E-state index contributed by atoms with van der Waals surface area (Å²) in [5.74, 6) is 1.36. The minimum atomic E-state index is -0.00140. The van der Waals surface area contributed by atoms with Crippen LogP contribution in [0, 0.1) is 0 Å². The van der Waals surface area contributed by atoms with Gasteiger partial charge in [0.15, 0.2) is 11.5 Å². The van der Waals surface area contributed by atoms with Crippen LogP contribution in [0.25, 0.3) is 10.1 Å². The van der Waals surface area contributed by atoms with Crippen LogP contribution in [0.2, 0.25) is 5.02 Å². The molecule has 4 rings (SSSR count). The number of rotatable bonds is 4. The van der Waals surface area contributed by atoms with Crippen molar-refractivity contribution in [3.63, 3.8) is 0 Å². The largest absolute Gasteiger partial charge is 0.493 e. The minimum absolute atomic E-state index is 0.00140. The predicted octanol–water partition coefficient (Wildman–Crippen LogP) is 5.55. The normalized spacial score (nSPS) is 16.7. The van der Waals surface area contributed by atoms with Crippen LogP contribution in [-0.2, 0) is 0 Å². The second kappa shape index (κ2) is 7.41. The maximum Gasteiger partial charge on any atom is 0.266 e. The van der Waals surface area contributed by atoms with E-state index in [4.69, 9.17) is 21.1 Å². The number of thiophene rings is 1. The van der Waals surface area contributed by atoms with Gasteiger partial charge in [0, 0.05) is 16.6 Å². The van der Waals surface area contributed by atoms with E-state index >= 15 is 0 Å². The van der Waals surface area contributed by atoms with Crippen molar-refractivity contribution < 1.29 is 14.3 Å². The number of hydrogen-bond acceptors (Lipinski definition) is 4. The Labute approximate surface area is 167 Å². The lowest BCUT2D eigenvalue weighted by molar-refractivity contribution is 0.0740. The van der Waals surface area contributed by atoms with Gasteiger partial charge in [0.1, 0.15) is 4.88 Å². The van der Waals surface area contributed by atoms with E-state index in [1.165, 1.54) is 11.3 Å². The molecule has 140 valence electrons. The zero-order chi connectivity index (χ0) is 19.0. The maximum atomic E-state index is 13.3. The average Bonchev–Trinajstić information content (AvgIpc) is 3.32. The van der Waals surface area contributed by atoms with E-state index in [1.54, 1.807) is 14.2 Å². The van der Waals surface area contributed by atoms with Gasteiger partial charge in [0.05, 0.1) is 25.3 Å².